The minimum atomic E-state index is -0.0875. The predicted molar refractivity (Wildman–Crippen MR) is 68.0 cm³/mol. The molecule has 0 aliphatic carbocycles. The lowest BCUT2D eigenvalue weighted by molar-refractivity contribution is 0.292. The van der Waals surface area contributed by atoms with E-state index in [1.807, 2.05) is 6.92 Å². The molecule has 0 saturated heterocycles. The molecule has 1 rings (SSSR count). The summed E-state index contributed by atoms with van der Waals surface area (Å²) in [6, 6.07) is 0.272. The van der Waals surface area contributed by atoms with E-state index in [1.165, 1.54) is 0 Å². The van der Waals surface area contributed by atoms with Crippen LogP contribution in [0.25, 0.3) is 0 Å². The van der Waals surface area contributed by atoms with Crippen LogP contribution in [0.5, 0.6) is 6.01 Å². The molecule has 0 radical (unpaired) electrons. The Morgan fingerprint density at radius 3 is 2.53 bits per heavy atom. The summed E-state index contributed by atoms with van der Waals surface area (Å²) < 4.78 is 5.34. The number of rotatable bonds is 6. The number of aromatic nitrogens is 3. The highest BCUT2D eigenvalue weighted by Gasteiger charge is 2.17. The molecule has 6 heteroatoms. The van der Waals surface area contributed by atoms with E-state index in [0.717, 1.165) is 12.8 Å². The van der Waals surface area contributed by atoms with Crippen molar-refractivity contribution in [3.8, 4) is 6.01 Å². The third kappa shape index (κ3) is 4.42. The van der Waals surface area contributed by atoms with Gasteiger partial charge in [0.2, 0.25) is 11.9 Å². The van der Waals surface area contributed by atoms with Gasteiger partial charge < -0.3 is 15.8 Å². The molecule has 1 heterocycles. The highest BCUT2D eigenvalue weighted by molar-refractivity contribution is 5.34. The second kappa shape index (κ2) is 5.65. The molecule has 1 aromatic rings. The van der Waals surface area contributed by atoms with Gasteiger partial charge in [-0.3, -0.25) is 0 Å². The summed E-state index contributed by atoms with van der Waals surface area (Å²) >= 11 is 0. The van der Waals surface area contributed by atoms with Crippen LogP contribution in [0, 0.1) is 0 Å². The number of nitrogens with zero attached hydrogens (tertiary/aromatic N) is 3. The molecule has 0 aromatic carbocycles. The zero-order chi connectivity index (χ0) is 12.9. The fourth-order valence-electron chi connectivity index (χ4n) is 1.08. The maximum atomic E-state index is 5.61. The minimum Gasteiger partial charge on any atom is -0.463 e. The second-order valence-corrected chi connectivity index (χ2v) is 4.51. The van der Waals surface area contributed by atoms with Crippen LogP contribution in [-0.2, 0) is 0 Å². The Kier molecular flexibility index (Phi) is 4.48. The van der Waals surface area contributed by atoms with Gasteiger partial charge >= 0.3 is 6.01 Å². The van der Waals surface area contributed by atoms with E-state index in [4.69, 9.17) is 10.5 Å². The van der Waals surface area contributed by atoms with Crippen LogP contribution in [-0.4, -0.2) is 27.1 Å². The van der Waals surface area contributed by atoms with E-state index < -0.39 is 0 Å². The van der Waals surface area contributed by atoms with Crippen molar-refractivity contribution >= 4 is 11.9 Å². The minimum absolute atomic E-state index is 0.0875. The van der Waals surface area contributed by atoms with Gasteiger partial charge in [-0.15, -0.1) is 0 Å². The van der Waals surface area contributed by atoms with Crippen molar-refractivity contribution < 1.29 is 4.74 Å². The zero-order valence-corrected chi connectivity index (χ0v) is 10.9. The Labute approximate surface area is 102 Å². The Balaban J connectivity index is 2.82. The third-order valence-electron chi connectivity index (χ3n) is 2.40. The van der Waals surface area contributed by atoms with Crippen molar-refractivity contribution in [2.24, 2.45) is 0 Å². The molecule has 3 N–H and O–H groups in total. The summed E-state index contributed by atoms with van der Waals surface area (Å²) in [5.41, 5.74) is 5.52. The Bertz CT molecular complexity index is 367. The molecule has 17 heavy (non-hydrogen) atoms. The first-order valence-electron chi connectivity index (χ1n) is 5.89. The number of nitrogens with one attached hydrogen (secondary N) is 1. The highest BCUT2D eigenvalue weighted by atomic mass is 16.5. The fraction of sp³-hybridized carbons (Fsp3) is 0.727. The lowest BCUT2D eigenvalue weighted by Gasteiger charge is -2.24. The Hall–Kier alpha value is -1.59. The van der Waals surface area contributed by atoms with E-state index in [-0.39, 0.29) is 17.5 Å². The van der Waals surface area contributed by atoms with E-state index in [0.29, 0.717) is 12.6 Å². The maximum absolute atomic E-state index is 5.61. The summed E-state index contributed by atoms with van der Waals surface area (Å²) in [7, 11) is 0. The highest BCUT2D eigenvalue weighted by Crippen LogP contribution is 2.16. The van der Waals surface area contributed by atoms with Crippen LogP contribution in [0.3, 0.4) is 0 Å². The predicted octanol–water partition coefficient (Wildman–Crippen LogP) is 1.84. The van der Waals surface area contributed by atoms with Crippen molar-refractivity contribution in [1.29, 1.82) is 0 Å². The van der Waals surface area contributed by atoms with Crippen molar-refractivity contribution in [3.05, 3.63) is 0 Å². The number of ether oxygens (including phenoxy) is 1. The van der Waals surface area contributed by atoms with Crippen LogP contribution in [0.15, 0.2) is 0 Å². The lowest BCUT2D eigenvalue weighted by Crippen LogP contribution is -2.31. The number of hydrogen-bond acceptors (Lipinski definition) is 6. The molecule has 0 unspecified atom stereocenters. The van der Waals surface area contributed by atoms with E-state index in [2.05, 4.69) is 41.0 Å². The molecule has 0 aliphatic heterocycles. The van der Waals surface area contributed by atoms with Crippen LogP contribution in [0.2, 0.25) is 0 Å². The lowest BCUT2D eigenvalue weighted by atomic mass is 10.0. The van der Waals surface area contributed by atoms with Gasteiger partial charge in [0.25, 0.3) is 0 Å². The van der Waals surface area contributed by atoms with Gasteiger partial charge in [-0.2, -0.15) is 15.0 Å². The summed E-state index contributed by atoms with van der Waals surface area (Å²) in [6.07, 6.45) is 1.85. The smallest absolute Gasteiger partial charge is 0.323 e. The number of nitrogen functional groups attached to an aromatic ring is 1. The van der Waals surface area contributed by atoms with Gasteiger partial charge in [-0.05, 0) is 26.7 Å². The molecule has 0 fully saturated rings. The molecular formula is C11H21N5O. The van der Waals surface area contributed by atoms with Gasteiger partial charge in [0.1, 0.15) is 0 Å². The Morgan fingerprint density at radius 1 is 1.24 bits per heavy atom. The fourth-order valence-corrected chi connectivity index (χ4v) is 1.08. The molecule has 0 atom stereocenters. The van der Waals surface area contributed by atoms with Crippen LogP contribution in [0.1, 0.15) is 40.5 Å². The average molecular weight is 239 g/mol. The molecule has 96 valence electrons. The van der Waals surface area contributed by atoms with Crippen LogP contribution < -0.4 is 15.8 Å². The maximum Gasteiger partial charge on any atom is 0.323 e. The monoisotopic (exact) mass is 239 g/mol. The molecule has 0 bridgehead atoms. The molecule has 0 spiro atoms. The molecule has 0 saturated carbocycles. The quantitative estimate of drug-likeness (QED) is 0.787. The normalized spacial score (nSPS) is 11.3. The Morgan fingerprint density at radius 2 is 1.94 bits per heavy atom. The third-order valence-corrected chi connectivity index (χ3v) is 2.40. The summed E-state index contributed by atoms with van der Waals surface area (Å²) in [4.78, 5) is 12.1. The van der Waals surface area contributed by atoms with Crippen LogP contribution >= 0.6 is 0 Å². The number of nitrogens with two attached hydrogens (primary N) is 1. The van der Waals surface area contributed by atoms with Gasteiger partial charge in [-0.1, -0.05) is 13.8 Å². The average Bonchev–Trinajstić information content (AvgIpc) is 2.25. The second-order valence-electron chi connectivity index (χ2n) is 4.51. The van der Waals surface area contributed by atoms with Gasteiger partial charge in [0, 0.05) is 5.54 Å². The SMILES string of the molecule is CCCOc1nc(N)nc(NC(C)(C)CC)n1. The first kappa shape index (κ1) is 13.5. The van der Waals surface area contributed by atoms with Crippen LogP contribution in [0.4, 0.5) is 11.9 Å². The van der Waals surface area contributed by atoms with Crippen molar-refractivity contribution in [2.75, 3.05) is 17.7 Å². The molecule has 6 nitrogen and oxygen atoms in total. The number of anilines is 2. The molecule has 1 aromatic heterocycles. The van der Waals surface area contributed by atoms with Crippen molar-refractivity contribution in [2.45, 2.75) is 46.1 Å². The molecule has 0 aliphatic rings. The van der Waals surface area contributed by atoms with Gasteiger partial charge in [0.05, 0.1) is 6.61 Å². The van der Waals surface area contributed by atoms with E-state index in [9.17, 15) is 0 Å². The summed E-state index contributed by atoms with van der Waals surface area (Å²) in [5.74, 6) is 0.621. The topological polar surface area (TPSA) is 86.0 Å². The first-order valence-corrected chi connectivity index (χ1v) is 5.89. The van der Waals surface area contributed by atoms with Crippen molar-refractivity contribution in [1.82, 2.24) is 15.0 Å². The zero-order valence-electron chi connectivity index (χ0n) is 10.9. The molecular weight excluding hydrogens is 218 g/mol. The molecule has 0 amide bonds. The first-order chi connectivity index (χ1) is 7.96. The largest absolute Gasteiger partial charge is 0.463 e. The standard InChI is InChI=1S/C11H21N5O/c1-5-7-17-10-14-8(12)13-9(15-10)16-11(3,4)6-2/h5-7H2,1-4H3,(H3,12,13,14,15,16). The van der Waals surface area contributed by atoms with E-state index >= 15 is 0 Å². The van der Waals surface area contributed by atoms with Crippen molar-refractivity contribution in [3.63, 3.8) is 0 Å². The summed E-state index contributed by atoms with van der Waals surface area (Å²) in [5, 5.41) is 3.20. The van der Waals surface area contributed by atoms with Gasteiger partial charge in [-0.25, -0.2) is 0 Å². The summed E-state index contributed by atoms with van der Waals surface area (Å²) in [6.45, 7) is 8.81. The number of hydrogen-bond donors (Lipinski definition) is 2. The van der Waals surface area contributed by atoms with Gasteiger partial charge in [0.15, 0.2) is 0 Å². The van der Waals surface area contributed by atoms with E-state index in [1.54, 1.807) is 0 Å².